The van der Waals surface area contributed by atoms with Crippen molar-refractivity contribution < 1.29 is 14.3 Å². The number of primary amides is 1. The molecule has 2 amide bonds. The highest BCUT2D eigenvalue weighted by atomic mass is 35.5. The van der Waals surface area contributed by atoms with Crippen LogP contribution >= 0.6 is 11.6 Å². The first-order valence-electron chi connectivity index (χ1n) is 8.00. The number of benzene rings is 2. The summed E-state index contributed by atoms with van der Waals surface area (Å²) in [5, 5.41) is 3.52. The molecule has 3 N–H and O–H groups in total. The second kappa shape index (κ2) is 9.08. The standard InChI is InChI=1S/C19H21ClN2O3/c1-13-10-16(7-8-17(13)20)25-9-3-6-18(23)22-12-14-4-2-5-15(11-14)19(21)24/h2,4-5,7-8,10-11H,3,6,9,12H2,1H3,(H2,21,24)(H,22,23). The number of nitrogens with two attached hydrogens (primary N) is 1. The van der Waals surface area contributed by atoms with Gasteiger partial charge in [0, 0.05) is 23.6 Å². The minimum absolute atomic E-state index is 0.0691. The molecule has 0 bridgehead atoms. The molecule has 0 radical (unpaired) electrons. The van der Waals surface area contributed by atoms with Gasteiger partial charge in [-0.3, -0.25) is 9.59 Å². The van der Waals surface area contributed by atoms with Crippen molar-refractivity contribution in [1.82, 2.24) is 5.32 Å². The lowest BCUT2D eigenvalue weighted by Crippen LogP contribution is -2.23. The number of hydrogen-bond donors (Lipinski definition) is 2. The number of rotatable bonds is 8. The number of ether oxygens (including phenoxy) is 1. The minimum atomic E-state index is -0.484. The lowest BCUT2D eigenvalue weighted by Gasteiger charge is -2.09. The van der Waals surface area contributed by atoms with Crippen molar-refractivity contribution in [3.05, 3.63) is 64.2 Å². The van der Waals surface area contributed by atoms with E-state index in [1.54, 1.807) is 30.3 Å². The van der Waals surface area contributed by atoms with Crippen LogP contribution in [0.25, 0.3) is 0 Å². The van der Waals surface area contributed by atoms with E-state index in [1.165, 1.54) is 0 Å². The Bertz CT molecular complexity index is 762. The molecule has 0 spiro atoms. The molecule has 0 aromatic heterocycles. The maximum absolute atomic E-state index is 11.9. The Morgan fingerprint density at radius 2 is 2.00 bits per heavy atom. The molecule has 5 nitrogen and oxygen atoms in total. The molecule has 2 aromatic rings. The van der Waals surface area contributed by atoms with Gasteiger partial charge in [-0.15, -0.1) is 0 Å². The number of aryl methyl sites for hydroxylation is 1. The van der Waals surface area contributed by atoms with E-state index in [0.29, 0.717) is 36.6 Å². The van der Waals surface area contributed by atoms with Gasteiger partial charge in [0.2, 0.25) is 11.8 Å². The predicted molar refractivity (Wildman–Crippen MR) is 97.7 cm³/mol. The first kappa shape index (κ1) is 18.8. The average Bonchev–Trinajstić information content (AvgIpc) is 2.60. The Balaban J connectivity index is 1.69. The SMILES string of the molecule is Cc1cc(OCCCC(=O)NCc2cccc(C(N)=O)c2)ccc1Cl. The van der Waals surface area contributed by atoms with Crippen LogP contribution in [0.5, 0.6) is 5.75 Å². The van der Waals surface area contributed by atoms with Crippen LogP contribution in [0.1, 0.15) is 34.3 Å². The molecule has 0 aliphatic heterocycles. The van der Waals surface area contributed by atoms with Gasteiger partial charge in [-0.1, -0.05) is 23.7 Å². The van der Waals surface area contributed by atoms with Crippen molar-refractivity contribution in [2.75, 3.05) is 6.61 Å². The van der Waals surface area contributed by atoms with E-state index in [2.05, 4.69) is 5.32 Å². The third-order valence-electron chi connectivity index (χ3n) is 3.65. The van der Waals surface area contributed by atoms with E-state index in [9.17, 15) is 9.59 Å². The zero-order valence-electron chi connectivity index (χ0n) is 14.0. The van der Waals surface area contributed by atoms with Crippen molar-refractivity contribution in [2.24, 2.45) is 5.73 Å². The summed E-state index contributed by atoms with van der Waals surface area (Å²) in [5.41, 5.74) is 7.45. The average molecular weight is 361 g/mol. The van der Waals surface area contributed by atoms with E-state index in [0.717, 1.165) is 16.9 Å². The zero-order chi connectivity index (χ0) is 18.2. The predicted octanol–water partition coefficient (Wildman–Crippen LogP) is 3.22. The highest BCUT2D eigenvalue weighted by Gasteiger charge is 2.05. The number of carbonyl (C=O) groups excluding carboxylic acids is 2. The van der Waals surface area contributed by atoms with E-state index < -0.39 is 5.91 Å². The molecule has 25 heavy (non-hydrogen) atoms. The van der Waals surface area contributed by atoms with Crippen LogP contribution in [0.2, 0.25) is 5.02 Å². The van der Waals surface area contributed by atoms with Gasteiger partial charge in [-0.2, -0.15) is 0 Å². The fourth-order valence-corrected chi connectivity index (χ4v) is 2.37. The normalized spacial score (nSPS) is 10.3. The number of nitrogens with one attached hydrogen (secondary N) is 1. The quantitative estimate of drug-likeness (QED) is 0.709. The van der Waals surface area contributed by atoms with Crippen LogP contribution in [-0.4, -0.2) is 18.4 Å². The van der Waals surface area contributed by atoms with Crippen LogP contribution in [0, 0.1) is 6.92 Å². The minimum Gasteiger partial charge on any atom is -0.494 e. The van der Waals surface area contributed by atoms with Gasteiger partial charge >= 0.3 is 0 Å². The van der Waals surface area contributed by atoms with Gasteiger partial charge < -0.3 is 15.8 Å². The molecule has 0 heterocycles. The highest BCUT2D eigenvalue weighted by Crippen LogP contribution is 2.21. The molecule has 0 saturated carbocycles. The zero-order valence-corrected chi connectivity index (χ0v) is 14.8. The van der Waals surface area contributed by atoms with Crippen molar-refractivity contribution in [3.63, 3.8) is 0 Å². The fourth-order valence-electron chi connectivity index (χ4n) is 2.25. The molecule has 0 atom stereocenters. The molecule has 2 rings (SSSR count). The van der Waals surface area contributed by atoms with E-state index >= 15 is 0 Å². The van der Waals surface area contributed by atoms with Crippen LogP contribution < -0.4 is 15.8 Å². The summed E-state index contributed by atoms with van der Waals surface area (Å²) in [6, 6.07) is 12.4. The van der Waals surface area contributed by atoms with Crippen LogP contribution in [-0.2, 0) is 11.3 Å². The maximum atomic E-state index is 11.9. The second-order valence-corrected chi connectivity index (χ2v) is 6.11. The van der Waals surface area contributed by atoms with Crippen LogP contribution in [0.3, 0.4) is 0 Å². The Hall–Kier alpha value is -2.53. The van der Waals surface area contributed by atoms with Crippen molar-refractivity contribution in [2.45, 2.75) is 26.3 Å². The molecule has 132 valence electrons. The number of carbonyl (C=O) groups is 2. The largest absolute Gasteiger partial charge is 0.494 e. The summed E-state index contributed by atoms with van der Waals surface area (Å²) in [5.74, 6) is 0.189. The molecular weight excluding hydrogens is 340 g/mol. The third-order valence-corrected chi connectivity index (χ3v) is 4.07. The lowest BCUT2D eigenvalue weighted by molar-refractivity contribution is -0.121. The number of amides is 2. The Kier molecular flexibility index (Phi) is 6.83. The van der Waals surface area contributed by atoms with Gasteiger partial charge in [0.15, 0.2) is 0 Å². The Morgan fingerprint density at radius 1 is 1.20 bits per heavy atom. The first-order valence-corrected chi connectivity index (χ1v) is 8.38. The summed E-state index contributed by atoms with van der Waals surface area (Å²) in [4.78, 5) is 23.0. The number of hydrogen-bond acceptors (Lipinski definition) is 3. The number of halogens is 1. The molecule has 6 heteroatoms. The smallest absolute Gasteiger partial charge is 0.248 e. The summed E-state index contributed by atoms with van der Waals surface area (Å²) < 4.78 is 5.61. The fraction of sp³-hybridized carbons (Fsp3) is 0.263. The molecule has 0 unspecified atom stereocenters. The molecule has 2 aromatic carbocycles. The summed E-state index contributed by atoms with van der Waals surface area (Å²) in [6.45, 7) is 2.72. The second-order valence-electron chi connectivity index (χ2n) is 5.70. The Morgan fingerprint density at radius 3 is 2.72 bits per heavy atom. The van der Waals surface area contributed by atoms with Crippen LogP contribution in [0.4, 0.5) is 0 Å². The molecule has 0 aliphatic rings. The van der Waals surface area contributed by atoms with E-state index in [4.69, 9.17) is 22.1 Å². The summed E-state index contributed by atoms with van der Waals surface area (Å²) in [6.07, 6.45) is 0.969. The Labute approximate surface area is 152 Å². The molecule has 0 saturated heterocycles. The van der Waals surface area contributed by atoms with Gasteiger partial charge in [0.05, 0.1) is 6.61 Å². The van der Waals surface area contributed by atoms with E-state index in [1.807, 2.05) is 19.1 Å². The van der Waals surface area contributed by atoms with Crippen LogP contribution in [0.15, 0.2) is 42.5 Å². The molecule has 0 aliphatic carbocycles. The summed E-state index contributed by atoms with van der Waals surface area (Å²) in [7, 11) is 0. The topological polar surface area (TPSA) is 81.4 Å². The van der Waals surface area contributed by atoms with Crippen molar-refractivity contribution in [1.29, 1.82) is 0 Å². The summed E-state index contributed by atoms with van der Waals surface area (Å²) >= 11 is 5.96. The van der Waals surface area contributed by atoms with Crippen molar-refractivity contribution in [3.8, 4) is 5.75 Å². The first-order chi connectivity index (χ1) is 12.0. The van der Waals surface area contributed by atoms with Gasteiger partial charge in [-0.05, 0) is 54.8 Å². The third kappa shape index (κ3) is 6.12. The maximum Gasteiger partial charge on any atom is 0.248 e. The van der Waals surface area contributed by atoms with Crippen molar-refractivity contribution >= 4 is 23.4 Å². The van der Waals surface area contributed by atoms with Gasteiger partial charge in [0.1, 0.15) is 5.75 Å². The van der Waals surface area contributed by atoms with E-state index in [-0.39, 0.29) is 5.91 Å². The highest BCUT2D eigenvalue weighted by molar-refractivity contribution is 6.31. The lowest BCUT2D eigenvalue weighted by atomic mass is 10.1. The monoisotopic (exact) mass is 360 g/mol. The van der Waals surface area contributed by atoms with Gasteiger partial charge in [0.25, 0.3) is 0 Å². The molecule has 0 fully saturated rings. The molecular formula is C19H21ClN2O3. The van der Waals surface area contributed by atoms with Gasteiger partial charge in [-0.25, -0.2) is 0 Å².